The summed E-state index contributed by atoms with van der Waals surface area (Å²) >= 11 is 0. The number of nitrogens with zero attached hydrogens (tertiary/aromatic N) is 3. The molecule has 0 fully saturated rings. The lowest BCUT2D eigenvalue weighted by Gasteiger charge is -1.89. The van der Waals surface area contributed by atoms with Gasteiger partial charge in [-0.05, 0) is 17.2 Å². The van der Waals surface area contributed by atoms with Gasteiger partial charge in [-0.15, -0.1) is 0 Å². The number of fused-ring (bicyclic) bond motifs is 1. The third-order valence-electron chi connectivity index (χ3n) is 2.17. The number of hydrogen-bond acceptors (Lipinski definition) is 1. The Morgan fingerprint density at radius 1 is 1.40 bits per heavy atom. The summed E-state index contributed by atoms with van der Waals surface area (Å²) in [5.74, 6) is 0. The SMILES string of the molecule is [N-]=[N+]=NCC=Cc1c[nH]c2ccccc12. The van der Waals surface area contributed by atoms with E-state index in [9.17, 15) is 0 Å². The molecule has 1 N–H and O–H groups in total. The van der Waals surface area contributed by atoms with Crippen molar-refractivity contribution in [2.75, 3.05) is 6.54 Å². The molecule has 1 aromatic heterocycles. The van der Waals surface area contributed by atoms with Crippen molar-refractivity contribution in [2.24, 2.45) is 5.11 Å². The van der Waals surface area contributed by atoms with Crippen molar-refractivity contribution in [1.82, 2.24) is 4.98 Å². The van der Waals surface area contributed by atoms with Gasteiger partial charge in [0.15, 0.2) is 0 Å². The summed E-state index contributed by atoms with van der Waals surface area (Å²) < 4.78 is 0. The Hall–Kier alpha value is -2.19. The summed E-state index contributed by atoms with van der Waals surface area (Å²) in [6, 6.07) is 8.08. The third-order valence-corrected chi connectivity index (χ3v) is 2.17. The van der Waals surface area contributed by atoms with Crippen LogP contribution in [0, 0.1) is 0 Å². The van der Waals surface area contributed by atoms with E-state index in [1.54, 1.807) is 0 Å². The van der Waals surface area contributed by atoms with Crippen LogP contribution in [0.15, 0.2) is 41.7 Å². The van der Waals surface area contributed by atoms with Gasteiger partial charge in [0, 0.05) is 28.6 Å². The zero-order chi connectivity index (χ0) is 10.5. The molecule has 0 atom stereocenters. The lowest BCUT2D eigenvalue weighted by atomic mass is 10.1. The highest BCUT2D eigenvalue weighted by Gasteiger charge is 1.97. The first-order valence-electron chi connectivity index (χ1n) is 4.65. The van der Waals surface area contributed by atoms with Crippen LogP contribution in [0.3, 0.4) is 0 Å². The van der Waals surface area contributed by atoms with E-state index in [-0.39, 0.29) is 0 Å². The van der Waals surface area contributed by atoms with Gasteiger partial charge < -0.3 is 4.98 Å². The second-order valence-corrected chi connectivity index (χ2v) is 3.11. The molecule has 0 radical (unpaired) electrons. The number of azide groups is 1. The minimum absolute atomic E-state index is 0.385. The number of nitrogens with one attached hydrogen (secondary N) is 1. The molecule has 2 rings (SSSR count). The molecule has 15 heavy (non-hydrogen) atoms. The standard InChI is InChI=1S/C11H10N4/c12-15-14-7-3-4-9-8-13-11-6-2-1-5-10(9)11/h1-6,8,13H,7H2. The Labute approximate surface area is 86.9 Å². The minimum Gasteiger partial charge on any atom is -0.361 e. The second-order valence-electron chi connectivity index (χ2n) is 3.11. The average molecular weight is 198 g/mol. The van der Waals surface area contributed by atoms with E-state index < -0.39 is 0 Å². The molecular weight excluding hydrogens is 188 g/mol. The molecule has 0 saturated heterocycles. The van der Waals surface area contributed by atoms with Crippen LogP contribution in [-0.2, 0) is 0 Å². The van der Waals surface area contributed by atoms with Crippen LogP contribution in [0.5, 0.6) is 0 Å². The summed E-state index contributed by atoms with van der Waals surface area (Å²) in [6.45, 7) is 0.385. The van der Waals surface area contributed by atoms with Crippen molar-refractivity contribution in [3.63, 3.8) is 0 Å². The quantitative estimate of drug-likeness (QED) is 0.445. The molecule has 2 aromatic rings. The highest BCUT2D eigenvalue weighted by molar-refractivity contribution is 5.88. The number of H-pyrrole nitrogens is 1. The van der Waals surface area contributed by atoms with E-state index in [4.69, 9.17) is 5.53 Å². The molecule has 0 aliphatic rings. The minimum atomic E-state index is 0.385. The summed E-state index contributed by atoms with van der Waals surface area (Å²) in [5, 5.41) is 4.61. The Bertz CT molecular complexity index is 532. The molecule has 0 saturated carbocycles. The largest absolute Gasteiger partial charge is 0.361 e. The van der Waals surface area contributed by atoms with Crippen LogP contribution in [0.25, 0.3) is 27.4 Å². The molecule has 1 heterocycles. The Morgan fingerprint density at radius 3 is 3.13 bits per heavy atom. The molecule has 0 aliphatic heterocycles. The topological polar surface area (TPSA) is 64.6 Å². The van der Waals surface area contributed by atoms with Gasteiger partial charge in [-0.25, -0.2) is 0 Å². The molecule has 74 valence electrons. The van der Waals surface area contributed by atoms with Gasteiger partial charge in [-0.1, -0.05) is 35.5 Å². The maximum absolute atomic E-state index is 8.11. The van der Waals surface area contributed by atoms with Crippen LogP contribution in [-0.4, -0.2) is 11.5 Å². The van der Waals surface area contributed by atoms with Crippen molar-refractivity contribution in [1.29, 1.82) is 0 Å². The van der Waals surface area contributed by atoms with Crippen molar-refractivity contribution >= 4 is 17.0 Å². The number of benzene rings is 1. The van der Waals surface area contributed by atoms with Crippen LogP contribution < -0.4 is 0 Å². The molecule has 0 aliphatic carbocycles. The fourth-order valence-corrected chi connectivity index (χ4v) is 1.50. The van der Waals surface area contributed by atoms with E-state index >= 15 is 0 Å². The normalized spacial score (nSPS) is 10.7. The fourth-order valence-electron chi connectivity index (χ4n) is 1.50. The number of para-hydroxylation sites is 1. The Kier molecular flexibility index (Phi) is 2.72. The number of aromatic nitrogens is 1. The number of rotatable bonds is 3. The molecule has 4 heteroatoms. The van der Waals surface area contributed by atoms with Crippen LogP contribution >= 0.6 is 0 Å². The van der Waals surface area contributed by atoms with Crippen LogP contribution in [0.1, 0.15) is 5.56 Å². The van der Waals surface area contributed by atoms with Crippen molar-refractivity contribution in [2.45, 2.75) is 0 Å². The summed E-state index contributed by atoms with van der Waals surface area (Å²) in [4.78, 5) is 5.86. The van der Waals surface area contributed by atoms with Gasteiger partial charge >= 0.3 is 0 Å². The summed E-state index contributed by atoms with van der Waals surface area (Å²) in [5.41, 5.74) is 10.3. The van der Waals surface area contributed by atoms with Crippen molar-refractivity contribution < 1.29 is 0 Å². The first-order chi connectivity index (χ1) is 7.42. The lowest BCUT2D eigenvalue weighted by molar-refractivity contribution is 1.22. The summed E-state index contributed by atoms with van der Waals surface area (Å²) in [6.07, 6.45) is 5.74. The molecule has 1 aromatic carbocycles. The molecule has 0 spiro atoms. The zero-order valence-electron chi connectivity index (χ0n) is 8.09. The van der Waals surface area contributed by atoms with Gasteiger partial charge in [0.05, 0.1) is 0 Å². The average Bonchev–Trinajstić information content (AvgIpc) is 2.68. The van der Waals surface area contributed by atoms with Gasteiger partial charge in [0.25, 0.3) is 0 Å². The maximum atomic E-state index is 8.11. The highest BCUT2D eigenvalue weighted by atomic mass is 15.1. The first-order valence-corrected chi connectivity index (χ1v) is 4.65. The van der Waals surface area contributed by atoms with Crippen molar-refractivity contribution in [3.8, 4) is 0 Å². The van der Waals surface area contributed by atoms with E-state index in [1.807, 2.05) is 36.5 Å². The van der Waals surface area contributed by atoms with E-state index in [0.29, 0.717) is 6.54 Å². The van der Waals surface area contributed by atoms with E-state index in [0.717, 1.165) is 11.1 Å². The van der Waals surface area contributed by atoms with Crippen molar-refractivity contribution in [3.05, 3.63) is 52.5 Å². The predicted molar refractivity (Wildman–Crippen MR) is 61.3 cm³/mol. The smallest absolute Gasteiger partial charge is 0.0460 e. The Morgan fingerprint density at radius 2 is 2.27 bits per heavy atom. The number of aromatic amines is 1. The Balaban J connectivity index is 2.28. The van der Waals surface area contributed by atoms with Crippen LogP contribution in [0.4, 0.5) is 0 Å². The number of hydrogen-bond donors (Lipinski definition) is 1. The fraction of sp³-hybridized carbons (Fsp3) is 0.0909. The van der Waals surface area contributed by atoms with Gasteiger partial charge in [-0.2, -0.15) is 0 Å². The predicted octanol–water partition coefficient (Wildman–Crippen LogP) is 3.49. The molecule has 4 nitrogen and oxygen atoms in total. The summed E-state index contributed by atoms with van der Waals surface area (Å²) in [7, 11) is 0. The van der Waals surface area contributed by atoms with Gasteiger partial charge in [0.1, 0.15) is 0 Å². The monoisotopic (exact) mass is 198 g/mol. The third kappa shape index (κ3) is 2.00. The molecule has 0 amide bonds. The first kappa shape index (κ1) is 9.37. The van der Waals surface area contributed by atoms with E-state index in [1.165, 1.54) is 5.39 Å². The lowest BCUT2D eigenvalue weighted by Crippen LogP contribution is -1.70. The zero-order valence-corrected chi connectivity index (χ0v) is 8.09. The second kappa shape index (κ2) is 4.35. The van der Waals surface area contributed by atoms with Gasteiger partial charge in [0.2, 0.25) is 0 Å². The molecule has 0 unspecified atom stereocenters. The van der Waals surface area contributed by atoms with E-state index in [2.05, 4.69) is 21.1 Å². The molecular formula is C11H10N4. The highest BCUT2D eigenvalue weighted by Crippen LogP contribution is 2.18. The van der Waals surface area contributed by atoms with Gasteiger partial charge in [-0.3, -0.25) is 0 Å². The maximum Gasteiger partial charge on any atom is 0.0460 e. The van der Waals surface area contributed by atoms with Crippen LogP contribution in [0.2, 0.25) is 0 Å². The molecule has 0 bridgehead atoms.